The van der Waals surface area contributed by atoms with Crippen LogP contribution in [0.25, 0.3) is 5.57 Å². The molecule has 0 unspecified atom stereocenters. The number of fused-ring (bicyclic) bond motifs is 1. The number of ether oxygens (including phenoxy) is 2. The molecule has 0 amide bonds. The van der Waals surface area contributed by atoms with Gasteiger partial charge >= 0.3 is 5.97 Å². The summed E-state index contributed by atoms with van der Waals surface area (Å²) in [5.41, 5.74) is 3.07. The molecule has 1 aromatic rings. The third-order valence-corrected chi connectivity index (χ3v) is 4.25. The van der Waals surface area contributed by atoms with Gasteiger partial charge in [0.15, 0.2) is 0 Å². The lowest BCUT2D eigenvalue weighted by Gasteiger charge is -2.46. The van der Waals surface area contributed by atoms with Gasteiger partial charge < -0.3 is 14.4 Å². The number of anilines is 1. The average Bonchev–Trinajstić information content (AvgIpc) is 2.49. The summed E-state index contributed by atoms with van der Waals surface area (Å²) < 4.78 is 10.4. The number of allylic oxidation sites excluding steroid dienone is 1. The number of hydrogen-bond donors (Lipinski definition) is 0. The Labute approximate surface area is 132 Å². The van der Waals surface area contributed by atoms with Crippen LogP contribution in [0.1, 0.15) is 39.7 Å². The Hall–Kier alpha value is -1.97. The van der Waals surface area contributed by atoms with Crippen molar-refractivity contribution in [1.29, 1.82) is 0 Å². The van der Waals surface area contributed by atoms with Gasteiger partial charge in [-0.25, -0.2) is 4.79 Å². The zero-order valence-corrected chi connectivity index (χ0v) is 14.3. The topological polar surface area (TPSA) is 38.8 Å². The van der Waals surface area contributed by atoms with Gasteiger partial charge in [-0.05, 0) is 44.9 Å². The van der Waals surface area contributed by atoms with Gasteiger partial charge in [0.2, 0.25) is 0 Å². The molecule has 0 fully saturated rings. The maximum atomic E-state index is 12.3. The number of esters is 1. The molecular weight excluding hydrogens is 278 g/mol. The lowest BCUT2D eigenvalue weighted by atomic mass is 9.86. The van der Waals surface area contributed by atoms with E-state index in [4.69, 9.17) is 9.47 Å². The van der Waals surface area contributed by atoms with Crippen LogP contribution in [0.2, 0.25) is 0 Å². The summed E-state index contributed by atoms with van der Waals surface area (Å²) in [4.78, 5) is 14.4. The second-order valence-electron chi connectivity index (χ2n) is 6.18. The molecule has 22 heavy (non-hydrogen) atoms. The summed E-state index contributed by atoms with van der Waals surface area (Å²) in [5, 5.41) is 0. The van der Waals surface area contributed by atoms with Crippen molar-refractivity contribution in [2.75, 3.05) is 19.1 Å². The van der Waals surface area contributed by atoms with Crippen LogP contribution in [0, 0.1) is 0 Å². The van der Waals surface area contributed by atoms with Gasteiger partial charge in [-0.2, -0.15) is 0 Å². The highest BCUT2D eigenvalue weighted by atomic mass is 16.5. The number of carbonyl (C=O) groups is 1. The lowest BCUT2D eigenvalue weighted by Crippen LogP contribution is -2.54. The second-order valence-corrected chi connectivity index (χ2v) is 6.18. The van der Waals surface area contributed by atoms with Crippen molar-refractivity contribution in [3.63, 3.8) is 0 Å². The molecule has 1 atom stereocenters. The largest absolute Gasteiger partial charge is 0.497 e. The molecule has 1 aromatic carbocycles. The molecule has 2 rings (SSSR count). The average molecular weight is 303 g/mol. The third kappa shape index (κ3) is 2.70. The summed E-state index contributed by atoms with van der Waals surface area (Å²) in [6.45, 7) is 8.33. The molecule has 0 saturated heterocycles. The van der Waals surface area contributed by atoms with Crippen LogP contribution in [-0.2, 0) is 9.53 Å². The van der Waals surface area contributed by atoms with E-state index in [-0.39, 0.29) is 17.6 Å². The number of benzene rings is 1. The Morgan fingerprint density at radius 1 is 1.32 bits per heavy atom. The van der Waals surface area contributed by atoms with Crippen LogP contribution in [0.4, 0.5) is 5.69 Å². The first-order valence-electron chi connectivity index (χ1n) is 7.60. The van der Waals surface area contributed by atoms with Crippen LogP contribution >= 0.6 is 0 Å². The number of methoxy groups -OCH3 is 2. The summed E-state index contributed by atoms with van der Waals surface area (Å²) in [6, 6.07) is 5.67. The molecule has 0 N–H and O–H groups in total. The van der Waals surface area contributed by atoms with Crippen molar-refractivity contribution in [2.24, 2.45) is 0 Å². The van der Waals surface area contributed by atoms with E-state index in [1.54, 1.807) is 7.11 Å². The zero-order chi connectivity index (χ0) is 16.5. The highest BCUT2D eigenvalue weighted by Crippen LogP contribution is 2.42. The van der Waals surface area contributed by atoms with Crippen LogP contribution in [0.3, 0.4) is 0 Å². The molecule has 1 aliphatic rings. The molecule has 0 radical (unpaired) electrons. The second kappa shape index (κ2) is 6.03. The van der Waals surface area contributed by atoms with Crippen molar-refractivity contribution in [3.8, 4) is 5.75 Å². The molecular formula is C18H25NO3. The molecule has 0 spiro atoms. The lowest BCUT2D eigenvalue weighted by molar-refractivity contribution is -0.142. The van der Waals surface area contributed by atoms with Crippen molar-refractivity contribution >= 4 is 17.2 Å². The zero-order valence-electron chi connectivity index (χ0n) is 14.3. The first kappa shape index (κ1) is 16.4. The molecule has 0 aromatic heterocycles. The van der Waals surface area contributed by atoms with E-state index in [9.17, 15) is 4.79 Å². The summed E-state index contributed by atoms with van der Waals surface area (Å²) in [5.74, 6) is 0.575. The molecule has 0 aliphatic carbocycles. The van der Waals surface area contributed by atoms with Crippen molar-refractivity contribution in [2.45, 2.75) is 45.7 Å². The van der Waals surface area contributed by atoms with Gasteiger partial charge in [0.1, 0.15) is 11.8 Å². The quantitative estimate of drug-likeness (QED) is 0.796. The standard InChI is InChI=1S/C18H25NO3/c1-7-15(17(20)22-6)19-16-10-13(21-5)8-9-14(16)12(2)11-18(19,3)4/h8-11,15H,7H2,1-6H3/t15-/m1/s1. The minimum absolute atomic E-state index is 0.211. The smallest absolute Gasteiger partial charge is 0.328 e. The van der Waals surface area contributed by atoms with E-state index in [0.717, 1.165) is 17.0 Å². The van der Waals surface area contributed by atoms with E-state index >= 15 is 0 Å². The van der Waals surface area contributed by atoms with Gasteiger partial charge in [0, 0.05) is 17.3 Å². The SMILES string of the molecule is CC[C@H](C(=O)OC)N1c2cc(OC)ccc2C(C)=CC1(C)C. The number of rotatable bonds is 4. The highest BCUT2D eigenvalue weighted by Gasteiger charge is 2.39. The summed E-state index contributed by atoms with van der Waals surface area (Å²) in [7, 11) is 3.09. The minimum atomic E-state index is -0.324. The van der Waals surface area contributed by atoms with Crippen LogP contribution in [0.5, 0.6) is 5.75 Å². The van der Waals surface area contributed by atoms with Gasteiger partial charge in [-0.3, -0.25) is 0 Å². The Balaban J connectivity index is 2.64. The van der Waals surface area contributed by atoms with E-state index < -0.39 is 0 Å². The minimum Gasteiger partial charge on any atom is -0.497 e. The van der Waals surface area contributed by atoms with Crippen LogP contribution in [-0.4, -0.2) is 31.8 Å². The van der Waals surface area contributed by atoms with Crippen LogP contribution in [0.15, 0.2) is 24.3 Å². The van der Waals surface area contributed by atoms with E-state index in [0.29, 0.717) is 6.42 Å². The molecule has 1 aliphatic heterocycles. The first-order valence-corrected chi connectivity index (χ1v) is 7.60. The first-order chi connectivity index (χ1) is 10.4. The van der Waals surface area contributed by atoms with E-state index in [1.165, 1.54) is 12.7 Å². The predicted molar refractivity (Wildman–Crippen MR) is 89.3 cm³/mol. The molecule has 120 valence electrons. The summed E-state index contributed by atoms with van der Waals surface area (Å²) in [6.07, 6.45) is 2.88. The Kier molecular flexibility index (Phi) is 4.50. The van der Waals surface area contributed by atoms with Gasteiger partial charge in [0.05, 0.1) is 19.8 Å². The van der Waals surface area contributed by atoms with Gasteiger partial charge in [-0.15, -0.1) is 0 Å². The van der Waals surface area contributed by atoms with Gasteiger partial charge in [-0.1, -0.05) is 13.0 Å². The van der Waals surface area contributed by atoms with Crippen molar-refractivity contribution < 1.29 is 14.3 Å². The maximum absolute atomic E-state index is 12.3. The predicted octanol–water partition coefficient (Wildman–Crippen LogP) is 3.65. The number of nitrogens with zero attached hydrogens (tertiary/aromatic N) is 1. The molecule has 1 heterocycles. The molecule has 4 nitrogen and oxygen atoms in total. The Morgan fingerprint density at radius 3 is 2.55 bits per heavy atom. The van der Waals surface area contributed by atoms with Crippen LogP contribution < -0.4 is 9.64 Å². The number of carbonyl (C=O) groups excluding carboxylic acids is 1. The fourth-order valence-corrected chi connectivity index (χ4v) is 3.32. The van der Waals surface area contributed by atoms with E-state index in [2.05, 4.69) is 31.7 Å². The fourth-order valence-electron chi connectivity index (χ4n) is 3.32. The monoisotopic (exact) mass is 303 g/mol. The Bertz CT molecular complexity index is 604. The fraction of sp³-hybridized carbons (Fsp3) is 0.500. The molecule has 0 bridgehead atoms. The normalized spacial score (nSPS) is 17.4. The summed E-state index contributed by atoms with van der Waals surface area (Å²) >= 11 is 0. The van der Waals surface area contributed by atoms with Gasteiger partial charge in [0.25, 0.3) is 0 Å². The van der Waals surface area contributed by atoms with Crippen molar-refractivity contribution in [1.82, 2.24) is 0 Å². The highest BCUT2D eigenvalue weighted by molar-refractivity contribution is 5.88. The molecule has 0 saturated carbocycles. The maximum Gasteiger partial charge on any atom is 0.328 e. The Morgan fingerprint density at radius 2 is 2.00 bits per heavy atom. The van der Waals surface area contributed by atoms with E-state index in [1.807, 2.05) is 25.1 Å². The molecule has 4 heteroatoms. The van der Waals surface area contributed by atoms with Crippen molar-refractivity contribution in [3.05, 3.63) is 29.8 Å². The number of hydrogen-bond acceptors (Lipinski definition) is 4. The third-order valence-electron chi connectivity index (χ3n) is 4.25.